The Bertz CT molecular complexity index is 863. The zero-order valence-corrected chi connectivity index (χ0v) is 12.6. The van der Waals surface area contributed by atoms with Crippen molar-refractivity contribution in [3.05, 3.63) is 88.1 Å². The topological polar surface area (TPSA) is 29.1 Å². The molecule has 106 valence electrons. The van der Waals surface area contributed by atoms with Gasteiger partial charge in [-0.05, 0) is 34.0 Å². The Labute approximate surface area is 132 Å². The summed E-state index contributed by atoms with van der Waals surface area (Å²) in [6.45, 7) is 0. The number of amides is 1. The van der Waals surface area contributed by atoms with E-state index in [0.29, 0.717) is 0 Å². The third-order valence-electron chi connectivity index (χ3n) is 3.79. The van der Waals surface area contributed by atoms with E-state index in [1.807, 2.05) is 60.0 Å². The van der Waals surface area contributed by atoms with Gasteiger partial charge in [-0.1, -0.05) is 48.5 Å². The molecule has 0 saturated heterocycles. The van der Waals surface area contributed by atoms with Crippen molar-refractivity contribution in [2.75, 3.05) is 5.32 Å². The molecule has 0 fully saturated rings. The molecule has 22 heavy (non-hydrogen) atoms. The first-order valence-corrected chi connectivity index (χ1v) is 8.02. The van der Waals surface area contributed by atoms with Crippen molar-refractivity contribution in [3.8, 4) is 0 Å². The number of hydrogen-bond donors (Lipinski definition) is 1. The van der Waals surface area contributed by atoms with Crippen LogP contribution in [0.25, 0.3) is 11.1 Å². The number of para-hydroxylation sites is 1. The summed E-state index contributed by atoms with van der Waals surface area (Å²) >= 11 is 1.64. The van der Waals surface area contributed by atoms with Crippen LogP contribution < -0.4 is 5.32 Å². The average Bonchev–Trinajstić information content (AvgIpc) is 3.18. The molecular formula is C19H13NOS. The molecule has 4 rings (SSSR count). The fraction of sp³-hybridized carbons (Fsp3) is 0. The van der Waals surface area contributed by atoms with E-state index < -0.39 is 0 Å². The number of nitrogens with one attached hydrogen (secondary N) is 1. The van der Waals surface area contributed by atoms with Gasteiger partial charge < -0.3 is 5.32 Å². The predicted molar refractivity (Wildman–Crippen MR) is 91.7 cm³/mol. The minimum atomic E-state index is -0.0359. The van der Waals surface area contributed by atoms with Gasteiger partial charge in [0.15, 0.2) is 0 Å². The fourth-order valence-corrected chi connectivity index (χ4v) is 3.48. The Morgan fingerprint density at radius 3 is 2.41 bits per heavy atom. The van der Waals surface area contributed by atoms with Gasteiger partial charge in [-0.3, -0.25) is 4.79 Å². The molecule has 1 N–H and O–H groups in total. The van der Waals surface area contributed by atoms with Crippen molar-refractivity contribution in [2.24, 2.45) is 0 Å². The first-order chi connectivity index (χ1) is 10.8. The lowest BCUT2D eigenvalue weighted by Crippen LogP contribution is -2.06. The summed E-state index contributed by atoms with van der Waals surface area (Å²) in [5, 5.41) is 7.09. The van der Waals surface area contributed by atoms with Gasteiger partial charge in [0.25, 0.3) is 5.91 Å². The van der Waals surface area contributed by atoms with E-state index in [1.54, 1.807) is 11.3 Å². The molecule has 0 unspecified atom stereocenters. The molecule has 1 aromatic heterocycles. The summed E-state index contributed by atoms with van der Waals surface area (Å²) in [5.41, 5.74) is 5.73. The summed E-state index contributed by atoms with van der Waals surface area (Å²) < 4.78 is 0. The van der Waals surface area contributed by atoms with Gasteiger partial charge in [0.2, 0.25) is 0 Å². The van der Waals surface area contributed by atoms with Crippen molar-refractivity contribution >= 4 is 34.1 Å². The van der Waals surface area contributed by atoms with Crippen LogP contribution in [0.2, 0.25) is 0 Å². The number of anilines is 1. The van der Waals surface area contributed by atoms with Gasteiger partial charge in [-0.2, -0.15) is 11.3 Å². The molecule has 1 aliphatic rings. The molecule has 2 heterocycles. The van der Waals surface area contributed by atoms with E-state index in [4.69, 9.17) is 0 Å². The van der Waals surface area contributed by atoms with Crippen LogP contribution in [0.4, 0.5) is 5.69 Å². The van der Waals surface area contributed by atoms with Crippen LogP contribution in [0.3, 0.4) is 0 Å². The van der Waals surface area contributed by atoms with Gasteiger partial charge in [0, 0.05) is 16.8 Å². The minimum absolute atomic E-state index is 0.0359. The summed E-state index contributed by atoms with van der Waals surface area (Å²) in [6, 6.07) is 20.0. The number of rotatable bonds is 2. The highest BCUT2D eigenvalue weighted by atomic mass is 32.1. The normalized spacial score (nSPS) is 15.4. The predicted octanol–water partition coefficient (Wildman–Crippen LogP) is 4.66. The van der Waals surface area contributed by atoms with E-state index in [9.17, 15) is 4.79 Å². The van der Waals surface area contributed by atoms with Crippen molar-refractivity contribution in [3.63, 3.8) is 0 Å². The van der Waals surface area contributed by atoms with Gasteiger partial charge in [-0.25, -0.2) is 0 Å². The molecule has 0 spiro atoms. The van der Waals surface area contributed by atoms with Gasteiger partial charge in [0.05, 0.1) is 5.57 Å². The second-order valence-electron chi connectivity index (χ2n) is 5.13. The maximum Gasteiger partial charge on any atom is 0.257 e. The SMILES string of the molecule is O=C1Nc2ccccc2/C1=C(/c1ccccc1)c1ccsc1. The molecule has 0 atom stereocenters. The molecule has 1 amide bonds. The third-order valence-corrected chi connectivity index (χ3v) is 4.48. The molecule has 3 aromatic rings. The molecule has 1 aliphatic heterocycles. The van der Waals surface area contributed by atoms with Crippen molar-refractivity contribution in [1.82, 2.24) is 0 Å². The molecular weight excluding hydrogens is 290 g/mol. The average molecular weight is 303 g/mol. The van der Waals surface area contributed by atoms with E-state index in [2.05, 4.69) is 16.8 Å². The Hall–Kier alpha value is -2.65. The largest absolute Gasteiger partial charge is 0.321 e. The van der Waals surface area contributed by atoms with Crippen LogP contribution in [0.5, 0.6) is 0 Å². The second kappa shape index (κ2) is 5.28. The van der Waals surface area contributed by atoms with Crippen LogP contribution in [-0.2, 0) is 4.79 Å². The molecule has 0 radical (unpaired) electrons. The number of fused-ring (bicyclic) bond motifs is 1. The van der Waals surface area contributed by atoms with E-state index in [0.717, 1.165) is 33.5 Å². The summed E-state index contributed by atoms with van der Waals surface area (Å²) in [6.07, 6.45) is 0. The van der Waals surface area contributed by atoms with Gasteiger partial charge >= 0.3 is 0 Å². The van der Waals surface area contributed by atoms with Crippen LogP contribution in [0.1, 0.15) is 16.7 Å². The Morgan fingerprint density at radius 2 is 1.64 bits per heavy atom. The third kappa shape index (κ3) is 2.07. The highest BCUT2D eigenvalue weighted by Crippen LogP contribution is 2.40. The fourth-order valence-electron chi connectivity index (χ4n) is 2.83. The maximum absolute atomic E-state index is 12.6. The van der Waals surface area contributed by atoms with Crippen LogP contribution in [0, 0.1) is 0 Å². The smallest absolute Gasteiger partial charge is 0.257 e. The highest BCUT2D eigenvalue weighted by molar-refractivity contribution is 7.08. The monoisotopic (exact) mass is 303 g/mol. The first kappa shape index (κ1) is 13.0. The number of thiophene rings is 1. The van der Waals surface area contributed by atoms with E-state index >= 15 is 0 Å². The maximum atomic E-state index is 12.6. The zero-order chi connectivity index (χ0) is 14.9. The molecule has 2 nitrogen and oxygen atoms in total. The lowest BCUT2D eigenvalue weighted by molar-refractivity contribution is -0.110. The minimum Gasteiger partial charge on any atom is -0.321 e. The lowest BCUT2D eigenvalue weighted by atomic mass is 9.91. The lowest BCUT2D eigenvalue weighted by Gasteiger charge is -2.10. The van der Waals surface area contributed by atoms with E-state index in [1.165, 1.54) is 0 Å². The van der Waals surface area contributed by atoms with E-state index in [-0.39, 0.29) is 5.91 Å². The number of carbonyl (C=O) groups is 1. The molecule has 0 aliphatic carbocycles. The van der Waals surface area contributed by atoms with Crippen LogP contribution in [-0.4, -0.2) is 5.91 Å². The van der Waals surface area contributed by atoms with Gasteiger partial charge in [0.1, 0.15) is 0 Å². The summed E-state index contributed by atoms with van der Waals surface area (Å²) in [5.74, 6) is -0.0359. The zero-order valence-electron chi connectivity index (χ0n) is 11.7. The van der Waals surface area contributed by atoms with Gasteiger partial charge in [-0.15, -0.1) is 0 Å². The number of benzene rings is 2. The highest BCUT2D eigenvalue weighted by Gasteiger charge is 2.28. The van der Waals surface area contributed by atoms with Crippen LogP contribution >= 0.6 is 11.3 Å². The molecule has 3 heteroatoms. The van der Waals surface area contributed by atoms with Crippen molar-refractivity contribution < 1.29 is 4.79 Å². The molecule has 0 bridgehead atoms. The Kier molecular flexibility index (Phi) is 3.13. The number of hydrogen-bond acceptors (Lipinski definition) is 2. The molecule has 2 aromatic carbocycles. The number of carbonyl (C=O) groups excluding carboxylic acids is 1. The quantitative estimate of drug-likeness (QED) is 0.685. The Balaban J connectivity index is 2.05. The Morgan fingerprint density at radius 1 is 0.864 bits per heavy atom. The van der Waals surface area contributed by atoms with Crippen molar-refractivity contribution in [2.45, 2.75) is 0 Å². The standard InChI is InChI=1S/C19H13NOS/c21-19-18(15-8-4-5-9-16(15)20-19)17(14-10-11-22-12-14)13-6-2-1-3-7-13/h1-12H,(H,20,21)/b18-17+. The molecule has 0 saturated carbocycles. The van der Waals surface area contributed by atoms with Crippen LogP contribution in [0.15, 0.2) is 71.4 Å². The summed E-state index contributed by atoms with van der Waals surface area (Å²) in [7, 11) is 0. The summed E-state index contributed by atoms with van der Waals surface area (Å²) in [4.78, 5) is 12.6. The first-order valence-electron chi connectivity index (χ1n) is 7.07. The second-order valence-corrected chi connectivity index (χ2v) is 5.91. The van der Waals surface area contributed by atoms with Crippen molar-refractivity contribution in [1.29, 1.82) is 0 Å².